The Morgan fingerprint density at radius 1 is 1.11 bits per heavy atom. The normalized spacial score (nSPS) is 11.1. The van der Waals surface area contributed by atoms with Crippen LogP contribution in [0.25, 0.3) is 10.2 Å². The molecule has 6 nitrogen and oxygen atoms in total. The van der Waals surface area contributed by atoms with Crippen molar-refractivity contribution < 1.29 is 14.3 Å². The molecule has 8 heteroatoms. The Hall–Kier alpha value is -2.35. The molecule has 0 aliphatic heterocycles. The van der Waals surface area contributed by atoms with Crippen molar-refractivity contribution in [2.45, 2.75) is 0 Å². The first kappa shape index (κ1) is 20.4. The number of fused-ring (bicyclic) bond motifs is 1. The quantitative estimate of drug-likeness (QED) is 0.575. The second kappa shape index (κ2) is 8.77. The summed E-state index contributed by atoms with van der Waals surface area (Å²) >= 11 is 7.49. The van der Waals surface area contributed by atoms with E-state index in [4.69, 9.17) is 26.1 Å². The highest BCUT2D eigenvalue weighted by Gasteiger charge is 2.23. The van der Waals surface area contributed by atoms with Gasteiger partial charge in [0.25, 0.3) is 5.91 Å². The third-order valence-electron chi connectivity index (χ3n) is 4.22. The fraction of sp³-hybridized carbons (Fsp3) is 0.300. The molecule has 0 bridgehead atoms. The van der Waals surface area contributed by atoms with Gasteiger partial charge < -0.3 is 14.4 Å². The fourth-order valence-corrected chi connectivity index (χ4v) is 4.04. The van der Waals surface area contributed by atoms with Crippen LogP contribution >= 0.6 is 22.9 Å². The highest BCUT2D eigenvalue weighted by molar-refractivity contribution is 7.22. The molecule has 28 heavy (non-hydrogen) atoms. The summed E-state index contributed by atoms with van der Waals surface area (Å²) in [7, 11) is 7.14. The lowest BCUT2D eigenvalue weighted by atomic mass is 10.2. The van der Waals surface area contributed by atoms with Crippen molar-refractivity contribution in [2.24, 2.45) is 0 Å². The number of thiazole rings is 1. The van der Waals surface area contributed by atoms with Crippen molar-refractivity contribution in [3.63, 3.8) is 0 Å². The average molecular weight is 420 g/mol. The second-order valence-electron chi connectivity index (χ2n) is 6.41. The molecule has 1 heterocycles. The molecule has 0 N–H and O–H groups in total. The van der Waals surface area contributed by atoms with Gasteiger partial charge >= 0.3 is 0 Å². The van der Waals surface area contributed by atoms with Crippen molar-refractivity contribution in [1.29, 1.82) is 0 Å². The fourth-order valence-electron chi connectivity index (χ4n) is 2.75. The number of halogens is 1. The van der Waals surface area contributed by atoms with E-state index in [-0.39, 0.29) is 5.91 Å². The lowest BCUT2D eigenvalue weighted by molar-refractivity contribution is 0.0985. The number of carbonyl (C=O) groups excluding carboxylic acids is 1. The van der Waals surface area contributed by atoms with Gasteiger partial charge in [0, 0.05) is 23.7 Å². The first-order chi connectivity index (χ1) is 13.4. The summed E-state index contributed by atoms with van der Waals surface area (Å²) in [6.45, 7) is 1.18. The van der Waals surface area contributed by atoms with E-state index >= 15 is 0 Å². The van der Waals surface area contributed by atoms with Gasteiger partial charge in [-0.3, -0.25) is 9.69 Å². The monoisotopic (exact) mass is 419 g/mol. The molecular formula is C20H22ClN3O3S. The Bertz CT molecular complexity index is 949. The Balaban J connectivity index is 2.08. The van der Waals surface area contributed by atoms with Gasteiger partial charge in [0.1, 0.15) is 21.7 Å². The number of hydrogen-bond donors (Lipinski definition) is 0. The molecule has 2 aromatic carbocycles. The Morgan fingerprint density at radius 3 is 2.46 bits per heavy atom. The summed E-state index contributed by atoms with van der Waals surface area (Å²) in [4.78, 5) is 21.7. The van der Waals surface area contributed by atoms with Crippen LogP contribution in [0.1, 0.15) is 10.4 Å². The van der Waals surface area contributed by atoms with Gasteiger partial charge in [0.2, 0.25) is 0 Å². The summed E-state index contributed by atoms with van der Waals surface area (Å²) in [5.41, 5.74) is 1.19. The number of hydrogen-bond acceptors (Lipinski definition) is 6. The van der Waals surface area contributed by atoms with Crippen LogP contribution in [0.4, 0.5) is 5.13 Å². The van der Waals surface area contributed by atoms with Crippen molar-refractivity contribution >= 4 is 44.2 Å². The zero-order chi connectivity index (χ0) is 20.3. The number of benzene rings is 2. The van der Waals surface area contributed by atoms with Gasteiger partial charge in [-0.15, -0.1) is 0 Å². The van der Waals surface area contributed by atoms with Crippen LogP contribution in [0.5, 0.6) is 11.5 Å². The molecule has 1 amide bonds. The summed E-state index contributed by atoms with van der Waals surface area (Å²) in [5, 5.41) is 1.11. The molecule has 0 aliphatic carbocycles. The van der Waals surface area contributed by atoms with Gasteiger partial charge in [-0.1, -0.05) is 29.0 Å². The number of nitrogens with zero attached hydrogens (tertiary/aromatic N) is 3. The predicted molar refractivity (Wildman–Crippen MR) is 114 cm³/mol. The molecule has 0 spiro atoms. The van der Waals surface area contributed by atoms with Gasteiger partial charge in [-0.2, -0.15) is 0 Å². The van der Waals surface area contributed by atoms with Gasteiger partial charge in [-0.25, -0.2) is 4.98 Å². The van der Waals surface area contributed by atoms with Crippen LogP contribution in [-0.4, -0.2) is 57.2 Å². The van der Waals surface area contributed by atoms with Gasteiger partial charge in [0.15, 0.2) is 5.13 Å². The van der Waals surface area contributed by atoms with Crippen LogP contribution in [-0.2, 0) is 0 Å². The van der Waals surface area contributed by atoms with Crippen LogP contribution in [0, 0.1) is 0 Å². The number of likely N-dealkylation sites (N-methyl/N-ethyl adjacent to an activating group) is 1. The third-order valence-corrected chi connectivity index (χ3v) is 5.55. The van der Waals surface area contributed by atoms with Crippen molar-refractivity contribution in [3.05, 3.63) is 47.0 Å². The van der Waals surface area contributed by atoms with Crippen LogP contribution in [0.15, 0.2) is 36.4 Å². The topological polar surface area (TPSA) is 54.9 Å². The number of aromatic nitrogens is 1. The first-order valence-electron chi connectivity index (χ1n) is 8.68. The first-order valence-corrected chi connectivity index (χ1v) is 9.87. The Labute approximate surface area is 173 Å². The minimum Gasteiger partial charge on any atom is -0.495 e. The van der Waals surface area contributed by atoms with Crippen LogP contribution < -0.4 is 14.4 Å². The molecule has 148 valence electrons. The average Bonchev–Trinajstić information content (AvgIpc) is 3.12. The standard InChI is InChI=1S/C20H22ClN3O3S/c1-23(2)10-11-24(19(25)13-6-5-7-14(21)12-13)20-22-17-15(26-3)8-9-16(27-4)18(17)28-20/h5-9,12H,10-11H2,1-4H3. The summed E-state index contributed by atoms with van der Waals surface area (Å²) in [5.74, 6) is 1.18. The molecule has 0 atom stereocenters. The zero-order valence-electron chi connectivity index (χ0n) is 16.2. The van der Waals surface area contributed by atoms with E-state index in [1.807, 2.05) is 31.1 Å². The molecule has 0 unspecified atom stereocenters. The number of carbonyl (C=O) groups is 1. The predicted octanol–water partition coefficient (Wildman–Crippen LogP) is 4.18. The molecule has 0 radical (unpaired) electrons. The summed E-state index contributed by atoms with van der Waals surface area (Å²) in [6, 6.07) is 10.6. The van der Waals surface area contributed by atoms with Crippen molar-refractivity contribution in [3.8, 4) is 11.5 Å². The van der Waals surface area contributed by atoms with E-state index in [0.29, 0.717) is 45.8 Å². The maximum Gasteiger partial charge on any atom is 0.260 e. The van der Waals surface area contributed by atoms with E-state index in [1.165, 1.54) is 11.3 Å². The Kier molecular flexibility index (Phi) is 6.39. The summed E-state index contributed by atoms with van der Waals surface area (Å²) in [6.07, 6.45) is 0. The minimum atomic E-state index is -0.152. The molecule has 3 rings (SSSR count). The lowest BCUT2D eigenvalue weighted by Gasteiger charge is -2.22. The molecule has 0 saturated heterocycles. The second-order valence-corrected chi connectivity index (χ2v) is 7.83. The van der Waals surface area contributed by atoms with Gasteiger partial charge in [0.05, 0.1) is 14.2 Å². The van der Waals surface area contributed by atoms with E-state index in [2.05, 4.69) is 0 Å². The highest BCUT2D eigenvalue weighted by atomic mass is 35.5. The maximum absolute atomic E-state index is 13.2. The third kappa shape index (κ3) is 4.22. The number of rotatable bonds is 7. The van der Waals surface area contributed by atoms with E-state index in [9.17, 15) is 4.79 Å². The van der Waals surface area contributed by atoms with Crippen LogP contribution in [0.2, 0.25) is 5.02 Å². The van der Waals surface area contributed by atoms with E-state index < -0.39 is 0 Å². The lowest BCUT2D eigenvalue weighted by Crippen LogP contribution is -2.36. The van der Waals surface area contributed by atoms with Crippen molar-refractivity contribution in [1.82, 2.24) is 9.88 Å². The SMILES string of the molecule is COc1ccc(OC)c2sc(N(CCN(C)C)C(=O)c3cccc(Cl)c3)nc12. The maximum atomic E-state index is 13.2. The highest BCUT2D eigenvalue weighted by Crippen LogP contribution is 2.40. The van der Waals surface area contributed by atoms with Crippen LogP contribution in [0.3, 0.4) is 0 Å². The van der Waals surface area contributed by atoms with Gasteiger partial charge in [-0.05, 0) is 44.4 Å². The number of anilines is 1. The Morgan fingerprint density at radius 2 is 1.82 bits per heavy atom. The number of amides is 1. The zero-order valence-corrected chi connectivity index (χ0v) is 17.8. The molecular weight excluding hydrogens is 398 g/mol. The summed E-state index contributed by atoms with van der Waals surface area (Å²) < 4.78 is 11.7. The van der Waals surface area contributed by atoms with E-state index in [1.54, 1.807) is 43.4 Å². The molecule has 0 aliphatic rings. The van der Waals surface area contributed by atoms with E-state index in [0.717, 1.165) is 4.70 Å². The van der Waals surface area contributed by atoms with Crippen molar-refractivity contribution in [2.75, 3.05) is 46.3 Å². The molecule has 0 fully saturated rings. The number of ether oxygens (including phenoxy) is 2. The minimum absolute atomic E-state index is 0.152. The molecule has 1 aromatic heterocycles. The molecule has 0 saturated carbocycles. The largest absolute Gasteiger partial charge is 0.495 e. The molecule has 3 aromatic rings. The number of methoxy groups -OCH3 is 2. The smallest absolute Gasteiger partial charge is 0.260 e.